The predicted octanol–water partition coefficient (Wildman–Crippen LogP) is 3.44. The van der Waals surface area contributed by atoms with E-state index in [4.69, 9.17) is 0 Å². The molecular weight excluding hydrogens is 312 g/mol. The SMILES string of the molecule is C=CCCCCCN(C)C(=NC)NCCc1ccc(NC(C)=O)cc1. The second-order valence-corrected chi connectivity index (χ2v) is 6.16. The van der Waals surface area contributed by atoms with Crippen LogP contribution in [0.25, 0.3) is 0 Å². The number of unbranched alkanes of at least 4 members (excludes halogenated alkanes) is 3. The molecule has 0 saturated heterocycles. The highest BCUT2D eigenvalue weighted by molar-refractivity contribution is 5.88. The summed E-state index contributed by atoms with van der Waals surface area (Å²) in [5.41, 5.74) is 2.06. The first kappa shape index (κ1) is 20.7. The van der Waals surface area contributed by atoms with Gasteiger partial charge < -0.3 is 15.5 Å². The lowest BCUT2D eigenvalue weighted by molar-refractivity contribution is -0.114. The maximum Gasteiger partial charge on any atom is 0.221 e. The topological polar surface area (TPSA) is 56.7 Å². The third kappa shape index (κ3) is 8.94. The molecule has 0 aliphatic carbocycles. The van der Waals surface area contributed by atoms with Crippen LogP contribution in [0.1, 0.15) is 38.2 Å². The molecule has 0 aliphatic rings. The Labute approximate surface area is 152 Å². The zero-order valence-electron chi connectivity index (χ0n) is 15.8. The second kappa shape index (κ2) is 12.1. The number of rotatable bonds is 10. The number of carbonyl (C=O) groups excluding carboxylic acids is 1. The van der Waals surface area contributed by atoms with Crippen molar-refractivity contribution in [3.05, 3.63) is 42.5 Å². The van der Waals surface area contributed by atoms with E-state index >= 15 is 0 Å². The maximum absolute atomic E-state index is 11.0. The Morgan fingerprint density at radius 3 is 2.56 bits per heavy atom. The van der Waals surface area contributed by atoms with Crippen LogP contribution in [0.4, 0.5) is 5.69 Å². The zero-order valence-corrected chi connectivity index (χ0v) is 15.8. The summed E-state index contributed by atoms with van der Waals surface area (Å²) in [5, 5.41) is 6.18. The molecule has 0 heterocycles. The molecule has 0 saturated carbocycles. The number of nitrogens with zero attached hydrogens (tertiary/aromatic N) is 2. The minimum Gasteiger partial charge on any atom is -0.356 e. The Kier molecular flexibility index (Phi) is 10.1. The van der Waals surface area contributed by atoms with Gasteiger partial charge >= 0.3 is 0 Å². The summed E-state index contributed by atoms with van der Waals surface area (Å²) < 4.78 is 0. The normalized spacial score (nSPS) is 11.1. The minimum absolute atomic E-state index is 0.0502. The van der Waals surface area contributed by atoms with Gasteiger partial charge in [0.2, 0.25) is 5.91 Å². The van der Waals surface area contributed by atoms with E-state index in [9.17, 15) is 4.79 Å². The summed E-state index contributed by atoms with van der Waals surface area (Å²) in [6.07, 6.45) is 7.57. The van der Waals surface area contributed by atoms with Crippen LogP contribution in [0.2, 0.25) is 0 Å². The molecule has 0 unspecified atom stereocenters. The van der Waals surface area contributed by atoms with E-state index in [-0.39, 0.29) is 5.91 Å². The summed E-state index contributed by atoms with van der Waals surface area (Å²) >= 11 is 0. The number of amides is 1. The summed E-state index contributed by atoms with van der Waals surface area (Å²) in [4.78, 5) is 17.5. The minimum atomic E-state index is -0.0502. The fourth-order valence-electron chi connectivity index (χ4n) is 2.58. The molecule has 1 aromatic carbocycles. The Morgan fingerprint density at radius 1 is 1.24 bits per heavy atom. The number of allylic oxidation sites excluding steroid dienone is 1. The van der Waals surface area contributed by atoms with Crippen molar-refractivity contribution in [1.29, 1.82) is 0 Å². The van der Waals surface area contributed by atoms with E-state index in [0.29, 0.717) is 0 Å². The molecule has 0 spiro atoms. The first-order chi connectivity index (χ1) is 12.1. The standard InChI is InChI=1S/C20H32N4O/c1-5-6-7-8-9-16-24(4)20(21-3)22-15-14-18-10-12-19(13-11-18)23-17(2)25/h5,10-13H,1,6-9,14-16H2,2-4H3,(H,21,22)(H,23,25). The van der Waals surface area contributed by atoms with Gasteiger partial charge in [0, 0.05) is 39.8 Å². The molecule has 0 bridgehead atoms. The summed E-state index contributed by atoms with van der Waals surface area (Å²) in [7, 11) is 3.89. The third-order valence-corrected chi connectivity index (χ3v) is 3.95. The van der Waals surface area contributed by atoms with Crippen molar-refractivity contribution in [1.82, 2.24) is 10.2 Å². The number of guanidine groups is 1. The molecule has 0 radical (unpaired) electrons. The van der Waals surface area contributed by atoms with Crippen LogP contribution in [0, 0.1) is 0 Å². The average molecular weight is 345 g/mol. The second-order valence-electron chi connectivity index (χ2n) is 6.16. The Hall–Kier alpha value is -2.30. The first-order valence-electron chi connectivity index (χ1n) is 8.96. The highest BCUT2D eigenvalue weighted by atomic mass is 16.1. The van der Waals surface area contributed by atoms with Crippen molar-refractivity contribution in [3.8, 4) is 0 Å². The highest BCUT2D eigenvalue weighted by Crippen LogP contribution is 2.09. The molecule has 0 atom stereocenters. The zero-order chi connectivity index (χ0) is 18.5. The Balaban J connectivity index is 2.32. The number of benzene rings is 1. The molecular formula is C20H32N4O. The largest absolute Gasteiger partial charge is 0.356 e. The van der Waals surface area contributed by atoms with Gasteiger partial charge in [-0.3, -0.25) is 9.79 Å². The van der Waals surface area contributed by atoms with Crippen molar-refractivity contribution in [3.63, 3.8) is 0 Å². The third-order valence-electron chi connectivity index (χ3n) is 3.95. The molecule has 25 heavy (non-hydrogen) atoms. The van der Waals surface area contributed by atoms with E-state index in [1.54, 1.807) is 0 Å². The van der Waals surface area contributed by atoms with Crippen LogP contribution < -0.4 is 10.6 Å². The van der Waals surface area contributed by atoms with Crippen LogP contribution >= 0.6 is 0 Å². The highest BCUT2D eigenvalue weighted by Gasteiger charge is 2.05. The molecule has 0 aliphatic heterocycles. The van der Waals surface area contributed by atoms with Gasteiger partial charge in [-0.05, 0) is 43.4 Å². The van der Waals surface area contributed by atoms with Crippen molar-refractivity contribution in [2.75, 3.05) is 32.5 Å². The van der Waals surface area contributed by atoms with Crippen molar-refractivity contribution >= 4 is 17.6 Å². The fraction of sp³-hybridized carbons (Fsp3) is 0.500. The van der Waals surface area contributed by atoms with Crippen molar-refractivity contribution < 1.29 is 4.79 Å². The number of hydrogen-bond donors (Lipinski definition) is 2. The van der Waals surface area contributed by atoms with Crippen LogP contribution in [0.15, 0.2) is 41.9 Å². The lowest BCUT2D eigenvalue weighted by Crippen LogP contribution is -2.40. The maximum atomic E-state index is 11.0. The van der Waals surface area contributed by atoms with Gasteiger partial charge in [0.15, 0.2) is 5.96 Å². The molecule has 1 rings (SSSR count). The summed E-state index contributed by atoms with van der Waals surface area (Å²) in [5.74, 6) is 0.879. The van der Waals surface area contributed by atoms with E-state index < -0.39 is 0 Å². The van der Waals surface area contributed by atoms with Crippen LogP contribution in [-0.2, 0) is 11.2 Å². The number of carbonyl (C=O) groups is 1. The van der Waals surface area contributed by atoms with Gasteiger partial charge in [-0.2, -0.15) is 0 Å². The fourth-order valence-corrected chi connectivity index (χ4v) is 2.58. The van der Waals surface area contributed by atoms with Gasteiger partial charge in [-0.1, -0.05) is 24.6 Å². The van der Waals surface area contributed by atoms with Crippen LogP contribution in [0.3, 0.4) is 0 Å². The molecule has 1 amide bonds. The smallest absolute Gasteiger partial charge is 0.221 e. The van der Waals surface area contributed by atoms with E-state index in [1.165, 1.54) is 25.3 Å². The number of nitrogens with one attached hydrogen (secondary N) is 2. The average Bonchev–Trinajstić information content (AvgIpc) is 2.59. The van der Waals surface area contributed by atoms with Crippen LogP contribution in [0.5, 0.6) is 0 Å². The lowest BCUT2D eigenvalue weighted by atomic mass is 10.1. The lowest BCUT2D eigenvalue weighted by Gasteiger charge is -2.22. The molecule has 2 N–H and O–H groups in total. The quantitative estimate of drug-likeness (QED) is 0.296. The van der Waals surface area contributed by atoms with Gasteiger partial charge in [0.05, 0.1) is 0 Å². The van der Waals surface area contributed by atoms with Crippen molar-refractivity contribution in [2.45, 2.75) is 39.0 Å². The molecule has 0 aromatic heterocycles. The number of anilines is 1. The number of aliphatic imine (C=N–C) groups is 1. The van der Waals surface area contributed by atoms with Gasteiger partial charge in [-0.15, -0.1) is 6.58 Å². The van der Waals surface area contributed by atoms with Crippen LogP contribution in [-0.4, -0.2) is 44.0 Å². The molecule has 138 valence electrons. The number of hydrogen-bond acceptors (Lipinski definition) is 2. The first-order valence-corrected chi connectivity index (χ1v) is 8.96. The molecule has 0 fully saturated rings. The summed E-state index contributed by atoms with van der Waals surface area (Å²) in [6, 6.07) is 7.94. The Morgan fingerprint density at radius 2 is 1.96 bits per heavy atom. The Bertz CT molecular complexity index is 551. The van der Waals surface area contributed by atoms with Crippen molar-refractivity contribution in [2.24, 2.45) is 4.99 Å². The monoisotopic (exact) mass is 344 g/mol. The predicted molar refractivity (Wildman–Crippen MR) is 107 cm³/mol. The van der Waals surface area contributed by atoms with Gasteiger partial charge in [-0.25, -0.2) is 0 Å². The van der Waals surface area contributed by atoms with Gasteiger partial charge in [0.1, 0.15) is 0 Å². The van der Waals surface area contributed by atoms with E-state index in [2.05, 4.69) is 34.2 Å². The molecule has 1 aromatic rings. The van der Waals surface area contributed by atoms with Gasteiger partial charge in [0.25, 0.3) is 0 Å². The van der Waals surface area contributed by atoms with E-state index in [1.807, 2.05) is 37.4 Å². The molecule has 5 heteroatoms. The van der Waals surface area contributed by atoms with E-state index in [0.717, 1.165) is 44.0 Å². The summed E-state index contributed by atoms with van der Waals surface area (Å²) in [6.45, 7) is 7.09. The molecule has 5 nitrogen and oxygen atoms in total.